The third-order valence-corrected chi connectivity index (χ3v) is 1.21. The molecule has 0 saturated heterocycles. The first-order valence-corrected chi connectivity index (χ1v) is 2.86. The van der Waals surface area contributed by atoms with E-state index in [9.17, 15) is 5.21 Å². The lowest BCUT2D eigenvalue weighted by atomic mass is 10.5. The van der Waals surface area contributed by atoms with Crippen LogP contribution in [0.4, 0.5) is 5.82 Å². The molecule has 0 aliphatic heterocycles. The van der Waals surface area contributed by atoms with E-state index in [-0.39, 0.29) is 5.06 Å². The minimum Gasteiger partial charge on any atom is -0.628 e. The topological polar surface area (TPSA) is 43.3 Å². The van der Waals surface area contributed by atoms with Crippen molar-refractivity contribution in [1.82, 2.24) is 4.98 Å². The van der Waals surface area contributed by atoms with E-state index in [2.05, 4.69) is 4.98 Å². The van der Waals surface area contributed by atoms with Crippen LogP contribution >= 0.6 is 0 Å². The quantitative estimate of drug-likeness (QED) is 0.510. The molecule has 0 bridgehead atoms. The van der Waals surface area contributed by atoms with E-state index >= 15 is 0 Å². The predicted molar refractivity (Wildman–Crippen MR) is 35.4 cm³/mol. The van der Waals surface area contributed by atoms with Crippen molar-refractivity contribution in [2.45, 2.75) is 6.92 Å². The summed E-state index contributed by atoms with van der Waals surface area (Å²) in [6, 6.07) is 3.68. The van der Waals surface area contributed by atoms with Gasteiger partial charge in [0.2, 0.25) is 5.82 Å². The van der Waals surface area contributed by atoms with E-state index in [1.165, 1.54) is 0 Å². The van der Waals surface area contributed by atoms with Gasteiger partial charge in [0.05, 0.1) is 7.05 Å². The monoisotopic (exact) mass is 126 g/mol. The number of aromatic nitrogens is 1. The minimum atomic E-state index is 0.0862. The third kappa shape index (κ3) is 1.31. The smallest absolute Gasteiger partial charge is 0.203 e. The van der Waals surface area contributed by atoms with Crippen molar-refractivity contribution in [2.75, 3.05) is 7.05 Å². The fraction of sp³-hybridized carbons (Fsp3) is 0.333. The zero-order valence-electron chi connectivity index (χ0n) is 5.56. The Bertz CT molecular complexity index is 193. The molecule has 0 aliphatic rings. The zero-order chi connectivity index (χ0) is 6.85. The van der Waals surface area contributed by atoms with E-state index in [1.807, 2.05) is 13.0 Å². The molecular formula is C6H10N2O. The maximum Gasteiger partial charge on any atom is 0.203 e. The van der Waals surface area contributed by atoms with Crippen LogP contribution in [-0.2, 0) is 0 Å². The number of quaternary nitrogens is 1. The number of hydroxylamine groups is 1. The molecule has 1 aromatic heterocycles. The molecule has 9 heavy (non-hydrogen) atoms. The number of aromatic amines is 1. The number of H-pyrrole nitrogens is 1. The predicted octanol–water partition coefficient (Wildman–Crippen LogP) is -0.0329. The Morgan fingerprint density at radius 1 is 1.56 bits per heavy atom. The summed E-state index contributed by atoms with van der Waals surface area (Å²) in [6.07, 6.45) is 0. The van der Waals surface area contributed by atoms with Gasteiger partial charge >= 0.3 is 0 Å². The largest absolute Gasteiger partial charge is 0.628 e. The van der Waals surface area contributed by atoms with Crippen LogP contribution in [0.5, 0.6) is 0 Å². The first-order valence-electron chi connectivity index (χ1n) is 2.86. The molecule has 2 N–H and O–H groups in total. The average molecular weight is 126 g/mol. The van der Waals surface area contributed by atoms with Crippen molar-refractivity contribution in [3.8, 4) is 0 Å². The number of hydrogen-bond donors (Lipinski definition) is 2. The second-order valence-electron chi connectivity index (χ2n) is 2.11. The van der Waals surface area contributed by atoms with Gasteiger partial charge in [0.25, 0.3) is 0 Å². The maximum atomic E-state index is 10.6. The molecule has 0 fully saturated rings. The third-order valence-electron chi connectivity index (χ3n) is 1.21. The van der Waals surface area contributed by atoms with E-state index in [0.717, 1.165) is 5.69 Å². The highest BCUT2D eigenvalue weighted by atomic mass is 16.5. The maximum absolute atomic E-state index is 10.6. The Balaban J connectivity index is 2.85. The molecule has 50 valence electrons. The summed E-state index contributed by atoms with van der Waals surface area (Å²) in [7, 11) is 1.55. The van der Waals surface area contributed by atoms with Crippen molar-refractivity contribution in [1.29, 1.82) is 0 Å². The van der Waals surface area contributed by atoms with Crippen LogP contribution in [0.25, 0.3) is 0 Å². The molecule has 0 aromatic carbocycles. The van der Waals surface area contributed by atoms with Gasteiger partial charge in [-0.1, -0.05) is 0 Å². The van der Waals surface area contributed by atoms with Crippen molar-refractivity contribution in [2.24, 2.45) is 0 Å². The molecule has 0 amide bonds. The lowest BCUT2D eigenvalue weighted by molar-refractivity contribution is -0.754. The van der Waals surface area contributed by atoms with Gasteiger partial charge in [-0.05, 0) is 13.0 Å². The molecule has 1 rings (SSSR count). The standard InChI is InChI=1S/C6H10N2O/c1-5-3-4-6(7-5)8(2)9/h3-4,7-8H,1-2H3. The van der Waals surface area contributed by atoms with E-state index in [1.54, 1.807) is 13.1 Å². The molecule has 3 nitrogen and oxygen atoms in total. The van der Waals surface area contributed by atoms with Crippen molar-refractivity contribution in [3.05, 3.63) is 23.0 Å². The van der Waals surface area contributed by atoms with Gasteiger partial charge in [-0.25, -0.2) is 0 Å². The summed E-state index contributed by atoms with van der Waals surface area (Å²) in [5, 5.41) is 10.7. The Hall–Kier alpha value is -0.800. The molecule has 1 aromatic rings. The summed E-state index contributed by atoms with van der Waals surface area (Å²) in [6.45, 7) is 1.92. The van der Waals surface area contributed by atoms with Gasteiger partial charge in [-0.2, -0.15) is 0 Å². The molecule has 1 unspecified atom stereocenters. The Morgan fingerprint density at radius 2 is 2.22 bits per heavy atom. The molecular weight excluding hydrogens is 116 g/mol. The highest BCUT2D eigenvalue weighted by Crippen LogP contribution is 1.98. The Labute approximate surface area is 53.9 Å². The second-order valence-corrected chi connectivity index (χ2v) is 2.11. The van der Waals surface area contributed by atoms with E-state index in [0.29, 0.717) is 5.82 Å². The molecule has 0 aliphatic carbocycles. The first-order chi connectivity index (χ1) is 4.20. The Kier molecular flexibility index (Phi) is 1.55. The number of aryl methyl sites for hydroxylation is 1. The van der Waals surface area contributed by atoms with Crippen LogP contribution in [0.1, 0.15) is 5.69 Å². The van der Waals surface area contributed by atoms with E-state index in [4.69, 9.17) is 0 Å². The summed E-state index contributed by atoms with van der Waals surface area (Å²) in [5.41, 5.74) is 1.03. The van der Waals surface area contributed by atoms with Gasteiger partial charge < -0.3 is 15.3 Å². The summed E-state index contributed by atoms with van der Waals surface area (Å²) in [4.78, 5) is 2.93. The van der Waals surface area contributed by atoms with Crippen LogP contribution in [-0.4, -0.2) is 12.0 Å². The zero-order valence-corrected chi connectivity index (χ0v) is 5.56. The SMILES string of the molecule is Cc1ccc([NH+](C)[O-])[nH]1. The summed E-state index contributed by atoms with van der Waals surface area (Å²) < 4.78 is 0. The molecule has 1 atom stereocenters. The lowest BCUT2D eigenvalue weighted by Gasteiger charge is -2.11. The molecule has 0 radical (unpaired) electrons. The lowest BCUT2D eigenvalue weighted by Crippen LogP contribution is -2.98. The fourth-order valence-corrected chi connectivity index (χ4v) is 0.709. The molecule has 1 heterocycles. The summed E-state index contributed by atoms with van der Waals surface area (Å²) >= 11 is 0. The number of hydrogen-bond acceptors (Lipinski definition) is 1. The van der Waals surface area contributed by atoms with Gasteiger partial charge in [0.15, 0.2) is 0 Å². The van der Waals surface area contributed by atoms with Gasteiger partial charge in [0.1, 0.15) is 0 Å². The summed E-state index contributed by atoms with van der Waals surface area (Å²) in [5.74, 6) is 0.688. The van der Waals surface area contributed by atoms with Crippen molar-refractivity contribution >= 4 is 5.82 Å². The Morgan fingerprint density at radius 3 is 2.44 bits per heavy atom. The van der Waals surface area contributed by atoms with Crippen LogP contribution in [0, 0.1) is 12.1 Å². The van der Waals surface area contributed by atoms with Gasteiger partial charge in [0, 0.05) is 11.8 Å². The highest BCUT2D eigenvalue weighted by Gasteiger charge is 1.96. The first kappa shape index (κ1) is 6.32. The van der Waals surface area contributed by atoms with Crippen molar-refractivity contribution in [3.63, 3.8) is 0 Å². The van der Waals surface area contributed by atoms with Crippen LogP contribution in [0.2, 0.25) is 0 Å². The second kappa shape index (κ2) is 2.21. The van der Waals surface area contributed by atoms with Crippen molar-refractivity contribution < 1.29 is 5.06 Å². The number of nitrogens with one attached hydrogen (secondary N) is 2. The minimum absolute atomic E-state index is 0.0862. The number of rotatable bonds is 1. The molecule has 0 saturated carbocycles. The molecule has 3 heteroatoms. The highest BCUT2D eigenvalue weighted by molar-refractivity contribution is 5.22. The fourth-order valence-electron chi connectivity index (χ4n) is 0.709. The van der Waals surface area contributed by atoms with Gasteiger partial charge in [-0.3, -0.25) is 0 Å². The van der Waals surface area contributed by atoms with Crippen LogP contribution < -0.4 is 5.06 Å². The molecule has 0 spiro atoms. The van der Waals surface area contributed by atoms with Gasteiger partial charge in [-0.15, -0.1) is 0 Å². The van der Waals surface area contributed by atoms with E-state index < -0.39 is 0 Å². The normalized spacial score (nSPS) is 13.7. The van der Waals surface area contributed by atoms with Crippen LogP contribution in [0.3, 0.4) is 0 Å². The van der Waals surface area contributed by atoms with Crippen LogP contribution in [0.15, 0.2) is 12.1 Å². The average Bonchev–Trinajstić information content (AvgIpc) is 2.14.